The van der Waals surface area contributed by atoms with Crippen molar-refractivity contribution >= 4 is 17.3 Å². The fourth-order valence-corrected chi connectivity index (χ4v) is 3.41. The van der Waals surface area contributed by atoms with Crippen molar-refractivity contribution in [1.29, 1.82) is 0 Å². The minimum Gasteiger partial charge on any atom is -0.485 e. The average molecular weight is 392 g/mol. The smallest absolute Gasteiger partial charge is 0.416 e. The molecular formula is C20H19F3N2O3. The van der Waals surface area contributed by atoms with Crippen molar-refractivity contribution in [2.24, 2.45) is 0 Å². The van der Waals surface area contributed by atoms with Gasteiger partial charge < -0.3 is 19.7 Å². The summed E-state index contributed by atoms with van der Waals surface area (Å²) >= 11 is 0. The molecule has 2 aromatic carbocycles. The Morgan fingerprint density at radius 2 is 1.79 bits per heavy atom. The Kier molecular flexibility index (Phi) is 4.78. The van der Waals surface area contributed by atoms with Crippen LogP contribution in [0.3, 0.4) is 0 Å². The number of fused-ring (bicyclic) bond motifs is 1. The molecule has 0 bridgehead atoms. The zero-order valence-corrected chi connectivity index (χ0v) is 15.0. The van der Waals surface area contributed by atoms with Crippen molar-refractivity contribution in [3.63, 3.8) is 0 Å². The first-order valence-electron chi connectivity index (χ1n) is 9.07. The number of nitrogens with one attached hydrogen (secondary N) is 1. The van der Waals surface area contributed by atoms with Crippen LogP contribution < -0.4 is 19.7 Å². The monoisotopic (exact) mass is 392 g/mol. The number of alkyl halides is 3. The van der Waals surface area contributed by atoms with E-state index in [4.69, 9.17) is 9.47 Å². The predicted molar refractivity (Wildman–Crippen MR) is 97.9 cm³/mol. The summed E-state index contributed by atoms with van der Waals surface area (Å²) in [6.07, 6.45) is -3.52. The first-order chi connectivity index (χ1) is 13.4. The van der Waals surface area contributed by atoms with Crippen molar-refractivity contribution in [2.45, 2.75) is 25.1 Å². The van der Waals surface area contributed by atoms with Crippen LogP contribution in [0.15, 0.2) is 42.5 Å². The van der Waals surface area contributed by atoms with Gasteiger partial charge in [-0.05, 0) is 43.2 Å². The molecule has 0 aliphatic carbocycles. The van der Waals surface area contributed by atoms with Crippen LogP contribution in [-0.4, -0.2) is 31.7 Å². The number of hydrogen-bond acceptors (Lipinski definition) is 4. The SMILES string of the molecule is O=C(Nc1cc(C(F)(F)F)ccc1N1CCCC1)[C@@H]1COc2ccccc2O1. The van der Waals surface area contributed by atoms with Crippen LogP contribution in [0.5, 0.6) is 11.5 Å². The Labute approximate surface area is 160 Å². The van der Waals surface area contributed by atoms with Crippen molar-refractivity contribution in [2.75, 3.05) is 29.9 Å². The van der Waals surface area contributed by atoms with E-state index in [2.05, 4.69) is 5.32 Å². The molecular weight excluding hydrogens is 373 g/mol. The molecule has 5 nitrogen and oxygen atoms in total. The third-order valence-electron chi connectivity index (χ3n) is 4.83. The molecule has 2 heterocycles. The highest BCUT2D eigenvalue weighted by atomic mass is 19.4. The molecule has 4 rings (SSSR count). The summed E-state index contributed by atoms with van der Waals surface area (Å²) in [5.74, 6) is 0.412. The summed E-state index contributed by atoms with van der Waals surface area (Å²) in [5.41, 5.74) is -0.0999. The van der Waals surface area contributed by atoms with Gasteiger partial charge in [-0.15, -0.1) is 0 Å². The van der Waals surface area contributed by atoms with E-state index < -0.39 is 23.8 Å². The average Bonchev–Trinajstić information content (AvgIpc) is 3.21. The second-order valence-electron chi connectivity index (χ2n) is 6.78. The number of ether oxygens (including phenoxy) is 2. The van der Waals surface area contributed by atoms with Crippen LogP contribution in [0.4, 0.5) is 24.5 Å². The maximum absolute atomic E-state index is 13.2. The van der Waals surface area contributed by atoms with Gasteiger partial charge in [-0.2, -0.15) is 13.2 Å². The van der Waals surface area contributed by atoms with Gasteiger partial charge in [0.05, 0.1) is 16.9 Å². The molecule has 2 aliphatic heterocycles. The van der Waals surface area contributed by atoms with E-state index in [9.17, 15) is 18.0 Å². The fourth-order valence-electron chi connectivity index (χ4n) is 3.41. The summed E-state index contributed by atoms with van der Waals surface area (Å²) in [6, 6.07) is 10.4. The quantitative estimate of drug-likeness (QED) is 0.855. The Morgan fingerprint density at radius 1 is 1.07 bits per heavy atom. The molecule has 2 aromatic rings. The minimum absolute atomic E-state index is 0.0130. The number of amides is 1. The first kappa shape index (κ1) is 18.5. The molecule has 0 saturated carbocycles. The molecule has 8 heteroatoms. The van der Waals surface area contributed by atoms with Gasteiger partial charge in [0.2, 0.25) is 6.10 Å². The molecule has 1 fully saturated rings. The maximum Gasteiger partial charge on any atom is 0.416 e. The number of anilines is 2. The Morgan fingerprint density at radius 3 is 2.50 bits per heavy atom. The second kappa shape index (κ2) is 7.26. The summed E-state index contributed by atoms with van der Waals surface area (Å²) in [5, 5.41) is 2.61. The summed E-state index contributed by atoms with van der Waals surface area (Å²) < 4.78 is 50.7. The van der Waals surface area contributed by atoms with E-state index in [1.54, 1.807) is 24.3 Å². The van der Waals surface area contributed by atoms with Gasteiger partial charge in [0.25, 0.3) is 5.91 Å². The van der Waals surface area contributed by atoms with Crippen LogP contribution in [-0.2, 0) is 11.0 Å². The van der Waals surface area contributed by atoms with Crippen LogP contribution in [0, 0.1) is 0 Å². The number of benzene rings is 2. The lowest BCUT2D eigenvalue weighted by atomic mass is 10.1. The van der Waals surface area contributed by atoms with Crippen molar-refractivity contribution < 1.29 is 27.4 Å². The van der Waals surface area contributed by atoms with Crippen LogP contribution in [0.1, 0.15) is 18.4 Å². The van der Waals surface area contributed by atoms with Gasteiger partial charge in [0, 0.05) is 13.1 Å². The Balaban J connectivity index is 1.58. The van der Waals surface area contributed by atoms with Crippen LogP contribution in [0.2, 0.25) is 0 Å². The van der Waals surface area contributed by atoms with E-state index >= 15 is 0 Å². The zero-order chi connectivity index (χ0) is 19.7. The van der Waals surface area contributed by atoms with E-state index in [1.807, 2.05) is 4.90 Å². The third-order valence-corrected chi connectivity index (χ3v) is 4.83. The van der Waals surface area contributed by atoms with E-state index in [1.165, 1.54) is 6.07 Å². The van der Waals surface area contributed by atoms with Gasteiger partial charge in [-0.25, -0.2) is 0 Å². The Hall–Kier alpha value is -2.90. The van der Waals surface area contributed by atoms with E-state index in [0.717, 1.165) is 38.1 Å². The van der Waals surface area contributed by atoms with E-state index in [0.29, 0.717) is 17.2 Å². The molecule has 0 unspecified atom stereocenters. The molecule has 1 amide bonds. The molecule has 148 valence electrons. The first-order valence-corrected chi connectivity index (χ1v) is 9.07. The number of carbonyl (C=O) groups is 1. The van der Waals surface area contributed by atoms with Crippen molar-refractivity contribution in [3.8, 4) is 11.5 Å². The number of rotatable bonds is 3. The lowest BCUT2D eigenvalue weighted by Crippen LogP contribution is -2.40. The van der Waals surface area contributed by atoms with Gasteiger partial charge >= 0.3 is 6.18 Å². The van der Waals surface area contributed by atoms with Crippen molar-refractivity contribution in [3.05, 3.63) is 48.0 Å². The highest BCUT2D eigenvalue weighted by Crippen LogP contribution is 2.37. The highest BCUT2D eigenvalue weighted by molar-refractivity contribution is 5.98. The van der Waals surface area contributed by atoms with Crippen LogP contribution in [0.25, 0.3) is 0 Å². The standard InChI is InChI=1S/C20H19F3N2O3/c21-20(22,23)13-7-8-15(25-9-3-4-10-25)14(11-13)24-19(26)18-12-27-16-5-1-2-6-17(16)28-18/h1-2,5-8,11,18H,3-4,9-10,12H2,(H,24,26)/t18-/m0/s1. The van der Waals surface area contributed by atoms with Gasteiger partial charge in [-0.3, -0.25) is 4.79 Å². The number of nitrogens with zero attached hydrogens (tertiary/aromatic N) is 1. The molecule has 28 heavy (non-hydrogen) atoms. The lowest BCUT2D eigenvalue weighted by molar-refractivity contribution is -0.137. The molecule has 0 aromatic heterocycles. The number of carbonyl (C=O) groups excluding carboxylic acids is 1. The van der Waals surface area contributed by atoms with Gasteiger partial charge in [0.1, 0.15) is 6.61 Å². The molecule has 0 radical (unpaired) electrons. The predicted octanol–water partition coefficient (Wildman–Crippen LogP) is 4.08. The third kappa shape index (κ3) is 3.72. The molecule has 1 N–H and O–H groups in total. The van der Waals surface area contributed by atoms with Crippen LogP contribution >= 0.6 is 0 Å². The number of hydrogen-bond donors (Lipinski definition) is 1. The fraction of sp³-hybridized carbons (Fsp3) is 0.350. The second-order valence-corrected chi connectivity index (χ2v) is 6.78. The summed E-state index contributed by atoms with van der Waals surface area (Å²) in [7, 11) is 0. The highest BCUT2D eigenvalue weighted by Gasteiger charge is 2.33. The molecule has 1 atom stereocenters. The van der Waals surface area contributed by atoms with Gasteiger partial charge in [-0.1, -0.05) is 12.1 Å². The van der Waals surface area contributed by atoms with E-state index in [-0.39, 0.29) is 12.3 Å². The van der Waals surface area contributed by atoms with Crippen molar-refractivity contribution in [1.82, 2.24) is 0 Å². The summed E-state index contributed by atoms with van der Waals surface area (Å²) in [4.78, 5) is 14.7. The Bertz CT molecular complexity index is 879. The normalized spacial score (nSPS) is 18.8. The topological polar surface area (TPSA) is 50.8 Å². The van der Waals surface area contributed by atoms with Gasteiger partial charge in [0.15, 0.2) is 11.5 Å². The molecule has 1 saturated heterocycles. The number of halogens is 3. The molecule has 0 spiro atoms. The molecule has 2 aliphatic rings. The lowest BCUT2D eigenvalue weighted by Gasteiger charge is -2.27. The number of para-hydroxylation sites is 2. The largest absolute Gasteiger partial charge is 0.485 e. The zero-order valence-electron chi connectivity index (χ0n) is 15.0. The maximum atomic E-state index is 13.2. The summed E-state index contributed by atoms with van der Waals surface area (Å²) in [6.45, 7) is 1.47. The minimum atomic E-state index is -4.49.